The molecule has 8 nitrogen and oxygen atoms in total. The molecule has 132 valence electrons. The predicted octanol–water partition coefficient (Wildman–Crippen LogP) is 0.890. The molecule has 0 saturated carbocycles. The molecule has 2 heterocycles. The van der Waals surface area contributed by atoms with Crippen LogP contribution in [0.25, 0.3) is 0 Å². The van der Waals surface area contributed by atoms with E-state index in [4.69, 9.17) is 0 Å². The van der Waals surface area contributed by atoms with Crippen LogP contribution in [0, 0.1) is 0 Å². The Bertz CT molecular complexity index is 722. The lowest BCUT2D eigenvalue weighted by Crippen LogP contribution is -2.52. The van der Waals surface area contributed by atoms with E-state index in [1.165, 1.54) is 0 Å². The minimum absolute atomic E-state index is 0.0451. The Morgan fingerprint density at radius 3 is 2.48 bits per heavy atom. The Kier molecular flexibility index (Phi) is 5.17. The van der Waals surface area contributed by atoms with Gasteiger partial charge in [-0.3, -0.25) is 9.48 Å². The van der Waals surface area contributed by atoms with E-state index in [2.05, 4.69) is 20.6 Å². The molecule has 1 fully saturated rings. The summed E-state index contributed by atoms with van der Waals surface area (Å²) in [7, 11) is 1.88. The lowest BCUT2D eigenvalue weighted by atomic mass is 10.3. The highest BCUT2D eigenvalue weighted by Gasteiger charge is 2.22. The number of hydrogen-bond acceptors (Lipinski definition) is 4. The third kappa shape index (κ3) is 4.50. The molecule has 1 aliphatic heterocycles. The van der Waals surface area contributed by atoms with Gasteiger partial charge in [-0.1, -0.05) is 18.2 Å². The van der Waals surface area contributed by atoms with E-state index in [-0.39, 0.29) is 18.5 Å². The summed E-state index contributed by atoms with van der Waals surface area (Å²) < 4.78 is 1.76. The summed E-state index contributed by atoms with van der Waals surface area (Å²) in [5, 5.41) is 9.58. The van der Waals surface area contributed by atoms with Gasteiger partial charge < -0.3 is 20.4 Å². The number of aryl methyl sites for hydroxylation is 1. The van der Waals surface area contributed by atoms with Crippen LogP contribution in [-0.2, 0) is 11.8 Å². The maximum Gasteiger partial charge on any atom is 0.317 e. The Labute approximate surface area is 146 Å². The van der Waals surface area contributed by atoms with Crippen LogP contribution in [0.2, 0.25) is 0 Å². The van der Waals surface area contributed by atoms with Crippen LogP contribution in [0.1, 0.15) is 0 Å². The molecule has 0 atom stereocenters. The van der Waals surface area contributed by atoms with Gasteiger partial charge in [0.2, 0.25) is 5.91 Å². The zero-order chi connectivity index (χ0) is 17.6. The number of aromatic nitrogens is 2. The number of anilines is 2. The quantitative estimate of drug-likeness (QED) is 0.864. The Morgan fingerprint density at radius 1 is 1.12 bits per heavy atom. The number of rotatable bonds is 4. The first-order valence-electron chi connectivity index (χ1n) is 8.23. The molecule has 0 aliphatic carbocycles. The van der Waals surface area contributed by atoms with Gasteiger partial charge in [0, 0.05) is 45.1 Å². The molecule has 25 heavy (non-hydrogen) atoms. The minimum Gasteiger partial charge on any atom is -0.365 e. The van der Waals surface area contributed by atoms with Crippen LogP contribution < -0.4 is 15.5 Å². The van der Waals surface area contributed by atoms with E-state index in [9.17, 15) is 9.59 Å². The Hall–Kier alpha value is -3.03. The normalized spacial score (nSPS) is 14.3. The highest BCUT2D eigenvalue weighted by molar-refractivity contribution is 5.94. The molecule has 2 N–H and O–H groups in total. The molecule has 0 unspecified atom stereocenters. The van der Waals surface area contributed by atoms with Crippen LogP contribution in [0.4, 0.5) is 16.2 Å². The second kappa shape index (κ2) is 7.69. The molecular weight excluding hydrogens is 320 g/mol. The topological polar surface area (TPSA) is 82.5 Å². The number of piperazine rings is 1. The molecule has 2 aromatic rings. The highest BCUT2D eigenvalue weighted by Crippen LogP contribution is 2.14. The summed E-state index contributed by atoms with van der Waals surface area (Å²) in [4.78, 5) is 28.0. The average Bonchev–Trinajstić information content (AvgIpc) is 3.07. The van der Waals surface area contributed by atoms with Crippen molar-refractivity contribution in [3.05, 3.63) is 42.7 Å². The van der Waals surface area contributed by atoms with Gasteiger partial charge in [0.1, 0.15) is 0 Å². The van der Waals surface area contributed by atoms with E-state index in [1.54, 1.807) is 21.7 Å². The van der Waals surface area contributed by atoms with E-state index in [0.717, 1.165) is 18.8 Å². The SMILES string of the molecule is Cn1cc(N2CCN(C(=O)NCC(=O)Nc3ccccc3)CC2)cn1. The largest absolute Gasteiger partial charge is 0.365 e. The van der Waals surface area contributed by atoms with Crippen molar-refractivity contribution in [2.75, 3.05) is 42.9 Å². The van der Waals surface area contributed by atoms with E-state index >= 15 is 0 Å². The summed E-state index contributed by atoms with van der Waals surface area (Å²) in [5.41, 5.74) is 1.77. The highest BCUT2D eigenvalue weighted by atomic mass is 16.2. The van der Waals surface area contributed by atoms with Gasteiger partial charge in [0.25, 0.3) is 0 Å². The molecule has 1 aromatic carbocycles. The number of amides is 3. The van der Waals surface area contributed by atoms with Crippen molar-refractivity contribution < 1.29 is 9.59 Å². The third-order valence-corrected chi connectivity index (χ3v) is 4.08. The predicted molar refractivity (Wildman–Crippen MR) is 95.5 cm³/mol. The van der Waals surface area contributed by atoms with Crippen LogP contribution in [0.15, 0.2) is 42.7 Å². The summed E-state index contributed by atoms with van der Waals surface area (Å²) in [6.45, 7) is 2.67. The van der Waals surface area contributed by atoms with Gasteiger partial charge in [-0.25, -0.2) is 4.79 Å². The molecule has 1 aromatic heterocycles. The van der Waals surface area contributed by atoms with Crippen molar-refractivity contribution >= 4 is 23.3 Å². The van der Waals surface area contributed by atoms with Gasteiger partial charge in [-0.05, 0) is 12.1 Å². The number of urea groups is 1. The smallest absolute Gasteiger partial charge is 0.317 e. The number of carbonyl (C=O) groups is 2. The van der Waals surface area contributed by atoms with E-state index < -0.39 is 0 Å². The second-order valence-electron chi connectivity index (χ2n) is 5.92. The second-order valence-corrected chi connectivity index (χ2v) is 5.92. The van der Waals surface area contributed by atoms with Crippen molar-refractivity contribution in [2.45, 2.75) is 0 Å². The number of benzene rings is 1. The van der Waals surface area contributed by atoms with Crippen LogP contribution in [-0.4, -0.2) is 59.3 Å². The van der Waals surface area contributed by atoms with Gasteiger partial charge in [-0.2, -0.15) is 5.10 Å². The lowest BCUT2D eigenvalue weighted by Gasteiger charge is -2.35. The minimum atomic E-state index is -0.242. The van der Waals surface area contributed by atoms with Crippen LogP contribution >= 0.6 is 0 Å². The van der Waals surface area contributed by atoms with Gasteiger partial charge >= 0.3 is 6.03 Å². The first-order chi connectivity index (χ1) is 12.1. The lowest BCUT2D eigenvalue weighted by molar-refractivity contribution is -0.115. The number of para-hydroxylation sites is 1. The number of carbonyl (C=O) groups excluding carboxylic acids is 2. The Balaban J connectivity index is 1.41. The average molecular weight is 342 g/mol. The molecule has 1 saturated heterocycles. The van der Waals surface area contributed by atoms with Crippen molar-refractivity contribution in [2.24, 2.45) is 7.05 Å². The number of nitrogens with zero attached hydrogens (tertiary/aromatic N) is 4. The fraction of sp³-hybridized carbons (Fsp3) is 0.353. The fourth-order valence-electron chi connectivity index (χ4n) is 2.73. The summed E-state index contributed by atoms with van der Waals surface area (Å²) in [6.07, 6.45) is 3.79. The standard InChI is InChI=1S/C17H22N6O2/c1-21-13-15(11-19-21)22-7-9-23(10-8-22)17(25)18-12-16(24)20-14-5-3-2-4-6-14/h2-6,11,13H,7-10,12H2,1H3,(H,18,25)(H,20,24). The molecular formula is C17H22N6O2. The molecule has 3 amide bonds. The molecule has 8 heteroatoms. The maximum atomic E-state index is 12.2. The van der Waals surface area contributed by atoms with E-state index in [0.29, 0.717) is 18.8 Å². The number of nitrogens with one attached hydrogen (secondary N) is 2. The van der Waals surface area contributed by atoms with Crippen molar-refractivity contribution in [1.82, 2.24) is 20.0 Å². The molecule has 0 bridgehead atoms. The van der Waals surface area contributed by atoms with Crippen LogP contribution in [0.3, 0.4) is 0 Å². The monoisotopic (exact) mass is 342 g/mol. The first kappa shape index (κ1) is 16.8. The summed E-state index contributed by atoms with van der Waals surface area (Å²) in [6, 6.07) is 8.96. The molecule has 0 spiro atoms. The fourth-order valence-corrected chi connectivity index (χ4v) is 2.73. The number of hydrogen-bond donors (Lipinski definition) is 2. The van der Waals surface area contributed by atoms with Crippen molar-refractivity contribution in [3.63, 3.8) is 0 Å². The van der Waals surface area contributed by atoms with Gasteiger partial charge in [-0.15, -0.1) is 0 Å². The molecule has 1 aliphatic rings. The molecule has 0 radical (unpaired) electrons. The van der Waals surface area contributed by atoms with Crippen molar-refractivity contribution in [3.8, 4) is 0 Å². The van der Waals surface area contributed by atoms with Gasteiger partial charge in [0.05, 0.1) is 18.4 Å². The summed E-state index contributed by atoms with van der Waals surface area (Å²) in [5.74, 6) is -0.242. The third-order valence-electron chi connectivity index (χ3n) is 4.08. The zero-order valence-corrected chi connectivity index (χ0v) is 14.2. The van der Waals surface area contributed by atoms with Gasteiger partial charge in [0.15, 0.2) is 0 Å². The maximum absolute atomic E-state index is 12.2. The van der Waals surface area contributed by atoms with Crippen molar-refractivity contribution in [1.29, 1.82) is 0 Å². The first-order valence-corrected chi connectivity index (χ1v) is 8.23. The van der Waals surface area contributed by atoms with E-state index in [1.807, 2.05) is 37.6 Å². The summed E-state index contributed by atoms with van der Waals surface area (Å²) >= 11 is 0. The zero-order valence-electron chi connectivity index (χ0n) is 14.2. The van der Waals surface area contributed by atoms with Crippen LogP contribution in [0.5, 0.6) is 0 Å². The Morgan fingerprint density at radius 2 is 1.84 bits per heavy atom. The molecule has 3 rings (SSSR count).